The molecule has 0 saturated heterocycles. The van der Waals surface area contributed by atoms with Crippen molar-refractivity contribution in [3.05, 3.63) is 0 Å². The first-order valence-corrected chi connectivity index (χ1v) is 3.27. The molecular formula is C4H9NO2S. The predicted octanol–water partition coefficient (Wildman–Crippen LogP) is 1.14. The van der Waals surface area contributed by atoms with Crippen molar-refractivity contribution in [3.8, 4) is 0 Å². The fourth-order valence-corrected chi connectivity index (χ4v) is 0.549. The summed E-state index contributed by atoms with van der Waals surface area (Å²) in [7, 11) is 0. The second kappa shape index (κ2) is 4.77. The molecule has 0 rings (SSSR count). The lowest BCUT2D eigenvalue weighted by atomic mass is 10.6. The van der Waals surface area contributed by atoms with E-state index < -0.39 is 6.09 Å². The second-order valence-electron chi connectivity index (χ2n) is 1.22. The molecule has 0 aliphatic rings. The molecular weight excluding hydrogens is 126 g/mol. The summed E-state index contributed by atoms with van der Waals surface area (Å²) in [6.07, 6.45) is 0.265. The average Bonchev–Trinajstić information content (AvgIpc) is 1.66. The van der Waals surface area contributed by atoms with Gasteiger partial charge >= 0.3 is 6.09 Å². The topological polar surface area (TPSA) is 52.3 Å². The van der Waals surface area contributed by atoms with Crippen molar-refractivity contribution in [2.45, 2.75) is 13.3 Å². The molecule has 0 saturated carbocycles. The van der Waals surface area contributed by atoms with Crippen molar-refractivity contribution < 1.29 is 8.98 Å². The van der Waals surface area contributed by atoms with Gasteiger partial charge in [-0.15, -0.1) is 0 Å². The Kier molecular flexibility index (Phi) is 4.54. The summed E-state index contributed by atoms with van der Waals surface area (Å²) in [6, 6.07) is 0. The van der Waals surface area contributed by atoms with Crippen LogP contribution in [0, 0.1) is 0 Å². The van der Waals surface area contributed by atoms with Gasteiger partial charge in [0.1, 0.15) is 0 Å². The molecule has 0 radical (unpaired) electrons. The standard InChI is InChI=1S/C4H9NO2S/c1-2-3-8-7-4(5)6/h2-3H2,1H3,(H2,5,6). The molecule has 2 N–H and O–H groups in total. The largest absolute Gasteiger partial charge is 0.416 e. The molecule has 0 aliphatic carbocycles. The van der Waals surface area contributed by atoms with E-state index in [9.17, 15) is 4.79 Å². The summed E-state index contributed by atoms with van der Waals surface area (Å²) in [5.74, 6) is 0.808. The maximum Gasteiger partial charge on any atom is 0.416 e. The lowest BCUT2D eigenvalue weighted by Crippen LogP contribution is -2.08. The van der Waals surface area contributed by atoms with E-state index in [1.54, 1.807) is 0 Å². The van der Waals surface area contributed by atoms with Gasteiger partial charge in [0.15, 0.2) is 0 Å². The molecule has 0 heterocycles. The Morgan fingerprint density at radius 2 is 2.50 bits per heavy atom. The number of primary amides is 1. The summed E-state index contributed by atoms with van der Waals surface area (Å²) < 4.78 is 4.34. The van der Waals surface area contributed by atoms with Gasteiger partial charge in [-0.05, 0) is 6.42 Å². The molecule has 3 nitrogen and oxygen atoms in total. The number of carbonyl (C=O) groups is 1. The smallest absolute Gasteiger partial charge is 0.375 e. The lowest BCUT2D eigenvalue weighted by Gasteiger charge is -1.93. The molecule has 0 fully saturated rings. The van der Waals surface area contributed by atoms with Gasteiger partial charge in [-0.2, -0.15) is 0 Å². The highest BCUT2D eigenvalue weighted by molar-refractivity contribution is 7.95. The van der Waals surface area contributed by atoms with Crippen LogP contribution in [0.4, 0.5) is 4.79 Å². The van der Waals surface area contributed by atoms with Crippen molar-refractivity contribution in [2.75, 3.05) is 5.75 Å². The molecule has 0 aliphatic heterocycles. The first kappa shape index (κ1) is 7.62. The quantitative estimate of drug-likeness (QED) is 0.466. The van der Waals surface area contributed by atoms with Crippen molar-refractivity contribution in [2.24, 2.45) is 5.73 Å². The van der Waals surface area contributed by atoms with Crippen molar-refractivity contribution in [1.29, 1.82) is 0 Å². The fourth-order valence-electron chi connectivity index (χ4n) is 0.183. The number of hydrogen-bond acceptors (Lipinski definition) is 3. The van der Waals surface area contributed by atoms with Crippen LogP contribution in [0.3, 0.4) is 0 Å². The van der Waals surface area contributed by atoms with E-state index in [-0.39, 0.29) is 0 Å². The first-order chi connectivity index (χ1) is 3.77. The van der Waals surface area contributed by atoms with Gasteiger partial charge in [-0.25, -0.2) is 4.79 Å². The first-order valence-electron chi connectivity index (χ1n) is 2.36. The van der Waals surface area contributed by atoms with Gasteiger partial charge in [-0.1, -0.05) is 6.92 Å². The minimum absolute atomic E-state index is 0.719. The Labute approximate surface area is 52.8 Å². The molecule has 0 bridgehead atoms. The summed E-state index contributed by atoms with van der Waals surface area (Å²) in [6.45, 7) is 2.00. The summed E-state index contributed by atoms with van der Waals surface area (Å²) >= 11 is 1.09. The number of hydrogen-bond donors (Lipinski definition) is 1. The third-order valence-corrected chi connectivity index (χ3v) is 1.29. The van der Waals surface area contributed by atoms with E-state index >= 15 is 0 Å². The van der Waals surface area contributed by atoms with Crippen LogP contribution in [0.15, 0.2) is 0 Å². The zero-order valence-electron chi connectivity index (χ0n) is 4.72. The third kappa shape index (κ3) is 5.62. The van der Waals surface area contributed by atoms with Gasteiger partial charge in [0.05, 0.1) is 12.0 Å². The molecule has 4 heteroatoms. The Morgan fingerprint density at radius 1 is 1.88 bits per heavy atom. The molecule has 0 aromatic carbocycles. The molecule has 0 aromatic heterocycles. The van der Waals surface area contributed by atoms with Gasteiger partial charge in [0.25, 0.3) is 0 Å². The van der Waals surface area contributed by atoms with Crippen LogP contribution in [-0.4, -0.2) is 11.8 Å². The molecule has 0 atom stereocenters. The molecule has 1 amide bonds. The predicted molar refractivity (Wildman–Crippen MR) is 33.4 cm³/mol. The summed E-state index contributed by atoms with van der Waals surface area (Å²) in [5, 5.41) is 0. The Bertz CT molecular complexity index is 76.4. The normalized spacial score (nSPS) is 8.62. The van der Waals surface area contributed by atoms with E-state index in [2.05, 4.69) is 9.92 Å². The fraction of sp³-hybridized carbons (Fsp3) is 0.750. The highest BCUT2D eigenvalue weighted by Gasteiger charge is 1.90. The number of carbonyl (C=O) groups excluding carboxylic acids is 1. The highest BCUT2D eigenvalue weighted by Crippen LogP contribution is 2.02. The summed E-state index contributed by atoms with van der Waals surface area (Å²) in [4.78, 5) is 9.85. The average molecular weight is 135 g/mol. The van der Waals surface area contributed by atoms with Crippen molar-refractivity contribution in [1.82, 2.24) is 0 Å². The molecule has 0 aromatic rings. The van der Waals surface area contributed by atoms with Crippen LogP contribution >= 0.6 is 12.0 Å². The van der Waals surface area contributed by atoms with Crippen molar-refractivity contribution >= 4 is 18.1 Å². The van der Waals surface area contributed by atoms with Crippen LogP contribution in [0.5, 0.6) is 0 Å². The minimum atomic E-state index is -0.719. The maximum atomic E-state index is 9.85. The van der Waals surface area contributed by atoms with Crippen LogP contribution < -0.4 is 5.73 Å². The molecule has 48 valence electrons. The van der Waals surface area contributed by atoms with Crippen LogP contribution in [0.25, 0.3) is 0 Å². The van der Waals surface area contributed by atoms with Gasteiger partial charge in [0.2, 0.25) is 0 Å². The van der Waals surface area contributed by atoms with Crippen LogP contribution in [0.1, 0.15) is 13.3 Å². The molecule has 0 spiro atoms. The minimum Gasteiger partial charge on any atom is -0.375 e. The van der Waals surface area contributed by atoms with Crippen LogP contribution in [0.2, 0.25) is 0 Å². The van der Waals surface area contributed by atoms with E-state index in [4.69, 9.17) is 0 Å². The Balaban J connectivity index is 2.82. The second-order valence-corrected chi connectivity index (χ2v) is 2.03. The maximum absolute atomic E-state index is 9.85. The highest BCUT2D eigenvalue weighted by atomic mass is 32.2. The Hall–Kier alpha value is -0.380. The molecule has 0 unspecified atom stereocenters. The van der Waals surface area contributed by atoms with E-state index in [0.717, 1.165) is 24.2 Å². The van der Waals surface area contributed by atoms with Crippen LogP contribution in [-0.2, 0) is 4.18 Å². The zero-order valence-corrected chi connectivity index (χ0v) is 5.53. The van der Waals surface area contributed by atoms with Gasteiger partial charge in [-0.3, -0.25) is 0 Å². The monoisotopic (exact) mass is 135 g/mol. The van der Waals surface area contributed by atoms with Gasteiger partial charge in [0, 0.05) is 5.75 Å². The van der Waals surface area contributed by atoms with Crippen molar-refractivity contribution in [3.63, 3.8) is 0 Å². The van der Waals surface area contributed by atoms with E-state index in [0.29, 0.717) is 0 Å². The number of rotatable bonds is 3. The van der Waals surface area contributed by atoms with E-state index in [1.165, 1.54) is 0 Å². The zero-order chi connectivity index (χ0) is 6.41. The lowest BCUT2D eigenvalue weighted by molar-refractivity contribution is 0.218. The van der Waals surface area contributed by atoms with Gasteiger partial charge < -0.3 is 9.92 Å². The SMILES string of the molecule is CCCSOC(N)=O. The molecule has 8 heavy (non-hydrogen) atoms. The Morgan fingerprint density at radius 3 is 2.88 bits per heavy atom. The number of nitrogens with two attached hydrogens (primary N) is 1. The third-order valence-electron chi connectivity index (χ3n) is 0.429. The number of amides is 1. The summed E-state index contributed by atoms with van der Waals surface area (Å²) in [5.41, 5.74) is 4.65. The van der Waals surface area contributed by atoms with E-state index in [1.807, 2.05) is 6.92 Å².